The first-order chi connectivity index (χ1) is 20.0. The fourth-order valence-corrected chi connectivity index (χ4v) is 7.44. The van der Waals surface area contributed by atoms with Gasteiger partial charge in [-0.1, -0.05) is 23.7 Å². The van der Waals surface area contributed by atoms with E-state index in [1.807, 2.05) is 29.7 Å². The Balaban J connectivity index is 1.26. The van der Waals surface area contributed by atoms with Gasteiger partial charge in [0.25, 0.3) is 0 Å². The van der Waals surface area contributed by atoms with E-state index in [2.05, 4.69) is 4.90 Å². The van der Waals surface area contributed by atoms with Crippen LogP contribution in [-0.2, 0) is 26.3 Å². The van der Waals surface area contributed by atoms with E-state index >= 15 is 4.39 Å². The summed E-state index contributed by atoms with van der Waals surface area (Å²) >= 11 is 6.05. The summed E-state index contributed by atoms with van der Waals surface area (Å²) in [6.07, 6.45) is 2.02. The topological polar surface area (TPSA) is 73.3 Å². The normalized spacial score (nSPS) is 24.1. The summed E-state index contributed by atoms with van der Waals surface area (Å²) in [6, 6.07) is 7.07. The van der Waals surface area contributed by atoms with E-state index in [-0.39, 0.29) is 35.9 Å². The third kappa shape index (κ3) is 6.07. The highest BCUT2D eigenvalue weighted by Gasteiger charge is 2.47. The molecule has 0 spiro atoms. The van der Waals surface area contributed by atoms with Gasteiger partial charge < -0.3 is 14.7 Å². The number of carboxylic acid groups (broad SMARTS) is 1. The third-order valence-corrected chi connectivity index (χ3v) is 9.76. The summed E-state index contributed by atoms with van der Waals surface area (Å²) in [5.74, 6) is -1.89. The number of halogens is 3. The molecule has 3 atom stereocenters. The Labute approximate surface area is 251 Å². The van der Waals surface area contributed by atoms with E-state index < -0.39 is 17.6 Å². The highest BCUT2D eigenvalue weighted by molar-refractivity contribution is 6.30. The lowest BCUT2D eigenvalue weighted by atomic mass is 9.80. The molecule has 3 aliphatic rings. The first-order valence-corrected chi connectivity index (χ1v) is 15.2. The van der Waals surface area contributed by atoms with Crippen LogP contribution in [0.2, 0.25) is 5.02 Å². The number of amides is 1. The molecular weight excluding hydrogens is 564 g/mol. The lowest BCUT2D eigenvalue weighted by Gasteiger charge is -2.46. The third-order valence-electron chi connectivity index (χ3n) is 9.52. The summed E-state index contributed by atoms with van der Waals surface area (Å²) in [6.45, 7) is 9.00. The zero-order valence-electron chi connectivity index (χ0n) is 24.5. The predicted molar refractivity (Wildman–Crippen MR) is 157 cm³/mol. The number of aliphatic carboxylic acids is 1. The minimum absolute atomic E-state index is 0.0516. The van der Waals surface area contributed by atoms with Gasteiger partial charge in [0, 0.05) is 62.4 Å². The fourth-order valence-electron chi connectivity index (χ4n) is 7.28. The number of rotatable bonds is 7. The van der Waals surface area contributed by atoms with Crippen molar-refractivity contribution < 1.29 is 28.2 Å². The number of carbonyl (C=O) groups is 2. The van der Waals surface area contributed by atoms with Crippen LogP contribution in [0.5, 0.6) is 0 Å². The van der Waals surface area contributed by atoms with Crippen LogP contribution in [0.15, 0.2) is 30.3 Å². The molecule has 2 aromatic rings. The number of aryl methyl sites for hydroxylation is 2. The number of piperazine rings is 1. The second kappa shape index (κ2) is 12.6. The van der Waals surface area contributed by atoms with Crippen LogP contribution < -0.4 is 0 Å². The summed E-state index contributed by atoms with van der Waals surface area (Å²) in [5, 5.41) is 10.4. The second-order valence-corrected chi connectivity index (χ2v) is 12.6. The molecule has 10 heteroatoms. The van der Waals surface area contributed by atoms with Crippen molar-refractivity contribution in [1.29, 1.82) is 0 Å². The van der Waals surface area contributed by atoms with Crippen molar-refractivity contribution in [3.05, 3.63) is 69.2 Å². The number of hydrogen-bond donors (Lipinski definition) is 1. The number of carbonyl (C=O) groups excluding carboxylic acids is 1. The van der Waals surface area contributed by atoms with Crippen LogP contribution in [0.1, 0.15) is 48.4 Å². The molecule has 1 N–H and O–H groups in total. The molecule has 0 bridgehead atoms. The average molecular weight is 604 g/mol. The molecule has 7 nitrogen and oxygen atoms in total. The maximum atomic E-state index is 15.2. The van der Waals surface area contributed by atoms with Crippen LogP contribution in [-0.4, -0.2) is 89.7 Å². The van der Waals surface area contributed by atoms with E-state index in [0.717, 1.165) is 11.1 Å². The van der Waals surface area contributed by atoms with E-state index in [9.17, 15) is 19.1 Å². The van der Waals surface area contributed by atoms with Gasteiger partial charge in [0.15, 0.2) is 0 Å². The van der Waals surface area contributed by atoms with Crippen LogP contribution in [0.4, 0.5) is 8.78 Å². The van der Waals surface area contributed by atoms with Gasteiger partial charge in [0.05, 0.1) is 11.5 Å². The molecule has 0 aliphatic carbocycles. The van der Waals surface area contributed by atoms with Gasteiger partial charge in [-0.3, -0.25) is 19.4 Å². The Hall–Kier alpha value is -2.59. The van der Waals surface area contributed by atoms with Gasteiger partial charge in [-0.05, 0) is 81.5 Å². The van der Waals surface area contributed by atoms with Crippen molar-refractivity contribution in [2.24, 2.45) is 5.92 Å². The molecule has 3 heterocycles. The first-order valence-electron chi connectivity index (χ1n) is 14.8. The maximum absolute atomic E-state index is 15.2. The lowest BCUT2D eigenvalue weighted by Crippen LogP contribution is -2.59. The van der Waals surface area contributed by atoms with Crippen LogP contribution in [0, 0.1) is 31.4 Å². The molecule has 1 unspecified atom stereocenters. The standard InChI is InChI=1S/C32H40ClF2N3O4/c1-20-14-21(2)25(27(34)15-20)17-29(31(40)41)36-10-11-38(22(3)18-36)30(39)23-6-9-37(19-23)32(7-12-42-13-8-32)26-5-4-24(33)16-28(26)35/h4-5,14-16,22-23,29H,6-13,17-19H2,1-3H3,(H,40,41)/t22-,23?,29-/m0/s1. The van der Waals surface area contributed by atoms with Gasteiger partial charge in [-0.25, -0.2) is 8.78 Å². The van der Waals surface area contributed by atoms with Crippen LogP contribution in [0.3, 0.4) is 0 Å². The number of ether oxygens (including phenoxy) is 1. The largest absolute Gasteiger partial charge is 0.480 e. The van der Waals surface area contributed by atoms with Crippen LogP contribution >= 0.6 is 11.6 Å². The number of hydrogen-bond acceptors (Lipinski definition) is 5. The molecule has 42 heavy (non-hydrogen) atoms. The Morgan fingerprint density at radius 3 is 2.45 bits per heavy atom. The van der Waals surface area contributed by atoms with Crippen molar-refractivity contribution in [2.45, 2.75) is 64.1 Å². The average Bonchev–Trinajstić information content (AvgIpc) is 3.43. The van der Waals surface area contributed by atoms with Crippen LogP contribution in [0.25, 0.3) is 0 Å². The number of likely N-dealkylation sites (tertiary alicyclic amines) is 1. The van der Waals surface area contributed by atoms with Gasteiger partial charge in [-0.15, -0.1) is 0 Å². The summed E-state index contributed by atoms with van der Waals surface area (Å²) in [4.78, 5) is 32.1. The van der Waals surface area contributed by atoms with E-state index in [0.29, 0.717) is 81.3 Å². The van der Waals surface area contributed by atoms with Crippen molar-refractivity contribution in [1.82, 2.24) is 14.7 Å². The maximum Gasteiger partial charge on any atom is 0.321 e. The van der Waals surface area contributed by atoms with Crippen molar-refractivity contribution in [2.75, 3.05) is 45.9 Å². The van der Waals surface area contributed by atoms with E-state index in [1.165, 1.54) is 12.1 Å². The second-order valence-electron chi connectivity index (χ2n) is 12.2. The summed E-state index contributed by atoms with van der Waals surface area (Å²) in [5.41, 5.74) is 2.01. The molecule has 5 rings (SSSR count). The minimum atomic E-state index is -0.996. The Kier molecular flexibility index (Phi) is 9.23. The quantitative estimate of drug-likeness (QED) is 0.491. The molecule has 0 aromatic heterocycles. The Morgan fingerprint density at radius 2 is 1.81 bits per heavy atom. The Bertz CT molecular complexity index is 1310. The van der Waals surface area contributed by atoms with E-state index in [4.69, 9.17) is 16.3 Å². The molecule has 3 aliphatic heterocycles. The Morgan fingerprint density at radius 1 is 1.07 bits per heavy atom. The minimum Gasteiger partial charge on any atom is -0.480 e. The fraction of sp³-hybridized carbons (Fsp3) is 0.562. The number of carboxylic acids is 1. The molecule has 0 saturated carbocycles. The molecule has 2 aromatic carbocycles. The SMILES string of the molecule is Cc1cc(C)c(C[C@@H](C(=O)O)N2CCN(C(=O)C3CCN(C4(c5ccc(Cl)cc5F)CCOCC4)C3)[C@@H](C)C2)c(F)c1. The molecule has 3 saturated heterocycles. The summed E-state index contributed by atoms with van der Waals surface area (Å²) < 4.78 is 35.6. The van der Waals surface area contributed by atoms with Crippen molar-refractivity contribution in [3.63, 3.8) is 0 Å². The molecule has 0 radical (unpaired) electrons. The zero-order valence-corrected chi connectivity index (χ0v) is 25.3. The smallest absolute Gasteiger partial charge is 0.321 e. The van der Waals surface area contributed by atoms with Crippen molar-refractivity contribution >= 4 is 23.5 Å². The molecule has 228 valence electrons. The molecular formula is C32H40ClF2N3O4. The van der Waals surface area contributed by atoms with Gasteiger partial charge in [0.2, 0.25) is 5.91 Å². The van der Waals surface area contributed by atoms with Crippen molar-refractivity contribution in [3.8, 4) is 0 Å². The highest BCUT2D eigenvalue weighted by atomic mass is 35.5. The van der Waals surface area contributed by atoms with E-state index in [1.54, 1.807) is 19.1 Å². The predicted octanol–water partition coefficient (Wildman–Crippen LogP) is 4.79. The van der Waals surface area contributed by atoms with Gasteiger partial charge in [-0.2, -0.15) is 0 Å². The van der Waals surface area contributed by atoms with Gasteiger partial charge in [0.1, 0.15) is 17.7 Å². The summed E-state index contributed by atoms with van der Waals surface area (Å²) in [7, 11) is 0. The number of nitrogens with zero attached hydrogens (tertiary/aromatic N) is 3. The highest BCUT2D eigenvalue weighted by Crippen LogP contribution is 2.43. The molecule has 3 fully saturated rings. The first kappa shape index (κ1) is 30.9. The monoisotopic (exact) mass is 603 g/mol. The lowest BCUT2D eigenvalue weighted by molar-refractivity contribution is -0.147. The van der Waals surface area contributed by atoms with Gasteiger partial charge >= 0.3 is 5.97 Å². The number of benzene rings is 2. The molecule has 1 amide bonds. The zero-order chi connectivity index (χ0) is 30.2.